The Morgan fingerprint density at radius 1 is 1.47 bits per heavy atom. The molecule has 5 nitrogen and oxygen atoms in total. The Morgan fingerprint density at radius 3 is 2.59 bits per heavy atom. The normalized spacial score (nSPS) is 25.5. The molecule has 0 aliphatic carbocycles. The predicted octanol–water partition coefficient (Wildman–Crippen LogP) is 0.746. The first-order valence-electron chi connectivity index (χ1n) is 6.30. The maximum absolute atomic E-state index is 12.2. The Balaban J connectivity index is 2.68. The van der Waals surface area contributed by atoms with Gasteiger partial charge in [0.2, 0.25) is 5.91 Å². The fraction of sp³-hybridized carbons (Fsp3) is 0.833. The van der Waals surface area contributed by atoms with E-state index in [0.29, 0.717) is 13.0 Å². The number of aliphatic carboxylic acids is 1. The zero-order valence-electron chi connectivity index (χ0n) is 10.6. The number of carbonyl (C=O) groups is 2. The maximum atomic E-state index is 12.2. The Hall–Kier alpha value is -1.10. The van der Waals surface area contributed by atoms with Gasteiger partial charge in [0, 0.05) is 6.54 Å². The zero-order chi connectivity index (χ0) is 12.9. The smallest absolute Gasteiger partial charge is 0.326 e. The molecule has 0 spiro atoms. The lowest BCUT2D eigenvalue weighted by molar-refractivity contribution is -0.143. The van der Waals surface area contributed by atoms with Gasteiger partial charge in [-0.25, -0.2) is 4.79 Å². The van der Waals surface area contributed by atoms with E-state index < -0.39 is 17.4 Å². The molecule has 0 aromatic heterocycles. The largest absolute Gasteiger partial charge is 0.480 e. The van der Waals surface area contributed by atoms with Crippen molar-refractivity contribution >= 4 is 11.9 Å². The quantitative estimate of drug-likeness (QED) is 0.642. The van der Waals surface area contributed by atoms with Gasteiger partial charge in [0.25, 0.3) is 0 Å². The van der Waals surface area contributed by atoms with Crippen LogP contribution in [0.3, 0.4) is 0 Å². The van der Waals surface area contributed by atoms with Gasteiger partial charge >= 0.3 is 5.97 Å². The molecule has 1 unspecified atom stereocenters. The van der Waals surface area contributed by atoms with Crippen LogP contribution in [-0.4, -0.2) is 36.1 Å². The van der Waals surface area contributed by atoms with Gasteiger partial charge in [0.1, 0.15) is 6.04 Å². The van der Waals surface area contributed by atoms with Gasteiger partial charge in [-0.2, -0.15) is 0 Å². The van der Waals surface area contributed by atoms with Gasteiger partial charge in [-0.05, 0) is 25.8 Å². The first kappa shape index (κ1) is 14.0. The van der Waals surface area contributed by atoms with E-state index in [9.17, 15) is 9.59 Å². The van der Waals surface area contributed by atoms with Crippen molar-refractivity contribution in [3.8, 4) is 0 Å². The van der Waals surface area contributed by atoms with Gasteiger partial charge in [0.05, 0.1) is 5.41 Å². The summed E-state index contributed by atoms with van der Waals surface area (Å²) < 4.78 is 0. The minimum atomic E-state index is -0.960. The molecule has 1 heterocycles. The summed E-state index contributed by atoms with van der Waals surface area (Å²) in [7, 11) is 0. The lowest BCUT2D eigenvalue weighted by Gasteiger charge is -2.28. The molecule has 1 rings (SSSR count). The molecule has 1 aliphatic rings. The Labute approximate surface area is 102 Å². The molecule has 0 radical (unpaired) electrons. The molecular formula is C12H22N2O3. The van der Waals surface area contributed by atoms with E-state index in [0.717, 1.165) is 25.8 Å². The minimum Gasteiger partial charge on any atom is -0.480 e. The van der Waals surface area contributed by atoms with E-state index in [1.165, 1.54) is 0 Å². The van der Waals surface area contributed by atoms with Crippen LogP contribution in [0.25, 0.3) is 0 Å². The van der Waals surface area contributed by atoms with E-state index >= 15 is 0 Å². The number of hydrogen-bond donors (Lipinski definition) is 3. The third-order valence-corrected chi connectivity index (χ3v) is 3.47. The summed E-state index contributed by atoms with van der Waals surface area (Å²) in [5.74, 6) is -1.07. The number of nitrogens with one attached hydrogen (secondary N) is 2. The van der Waals surface area contributed by atoms with Crippen LogP contribution < -0.4 is 10.6 Å². The van der Waals surface area contributed by atoms with E-state index in [1.54, 1.807) is 6.92 Å². The SMILES string of the molecule is CCCC1(C(=O)N[C@H](CC)C(=O)O)CCNC1. The van der Waals surface area contributed by atoms with E-state index in [-0.39, 0.29) is 5.91 Å². The molecule has 1 saturated heterocycles. The summed E-state index contributed by atoms with van der Waals surface area (Å²) in [6, 6.07) is -0.767. The second-order valence-electron chi connectivity index (χ2n) is 4.73. The molecule has 2 atom stereocenters. The molecule has 17 heavy (non-hydrogen) atoms. The van der Waals surface area contributed by atoms with Crippen molar-refractivity contribution in [3.63, 3.8) is 0 Å². The van der Waals surface area contributed by atoms with Crippen molar-refractivity contribution in [1.29, 1.82) is 0 Å². The fourth-order valence-corrected chi connectivity index (χ4v) is 2.39. The molecule has 0 bridgehead atoms. The topological polar surface area (TPSA) is 78.4 Å². The summed E-state index contributed by atoms with van der Waals surface area (Å²) >= 11 is 0. The molecular weight excluding hydrogens is 220 g/mol. The summed E-state index contributed by atoms with van der Waals surface area (Å²) in [6.45, 7) is 5.29. The number of carboxylic acids is 1. The molecule has 1 fully saturated rings. The number of amides is 1. The van der Waals surface area contributed by atoms with E-state index in [1.807, 2.05) is 6.92 Å². The third-order valence-electron chi connectivity index (χ3n) is 3.47. The first-order chi connectivity index (χ1) is 8.05. The van der Waals surface area contributed by atoms with Crippen LogP contribution in [-0.2, 0) is 9.59 Å². The highest BCUT2D eigenvalue weighted by molar-refractivity contribution is 5.87. The number of carboxylic acid groups (broad SMARTS) is 1. The Kier molecular flexibility index (Phi) is 4.93. The molecule has 3 N–H and O–H groups in total. The van der Waals surface area contributed by atoms with Crippen molar-refractivity contribution in [1.82, 2.24) is 10.6 Å². The van der Waals surface area contributed by atoms with Crippen molar-refractivity contribution in [3.05, 3.63) is 0 Å². The van der Waals surface area contributed by atoms with Crippen LogP contribution in [0.4, 0.5) is 0 Å². The van der Waals surface area contributed by atoms with Gasteiger partial charge in [-0.3, -0.25) is 4.79 Å². The molecule has 0 aromatic carbocycles. The van der Waals surface area contributed by atoms with Crippen molar-refractivity contribution in [2.24, 2.45) is 5.41 Å². The fourth-order valence-electron chi connectivity index (χ4n) is 2.39. The van der Waals surface area contributed by atoms with Gasteiger partial charge in [0.15, 0.2) is 0 Å². The minimum absolute atomic E-state index is 0.112. The molecule has 1 aliphatic heterocycles. The number of hydrogen-bond acceptors (Lipinski definition) is 3. The Bertz CT molecular complexity index is 285. The average Bonchev–Trinajstić information content (AvgIpc) is 2.75. The standard InChI is InChI=1S/C12H22N2O3/c1-3-5-12(6-7-13-8-12)11(17)14-9(4-2)10(15)16/h9,13H,3-8H2,1-2H3,(H,14,17)(H,15,16)/t9-,12?/m1/s1. The number of rotatable bonds is 6. The summed E-state index contributed by atoms with van der Waals surface area (Å²) in [5.41, 5.74) is -0.405. The molecule has 0 saturated carbocycles. The maximum Gasteiger partial charge on any atom is 0.326 e. The van der Waals surface area contributed by atoms with Gasteiger partial charge < -0.3 is 15.7 Å². The average molecular weight is 242 g/mol. The molecule has 0 aromatic rings. The van der Waals surface area contributed by atoms with Crippen LogP contribution in [0.15, 0.2) is 0 Å². The second-order valence-corrected chi connectivity index (χ2v) is 4.73. The highest BCUT2D eigenvalue weighted by Gasteiger charge is 2.41. The lowest BCUT2D eigenvalue weighted by atomic mass is 9.81. The van der Waals surface area contributed by atoms with Crippen molar-refractivity contribution in [2.45, 2.75) is 45.6 Å². The van der Waals surface area contributed by atoms with Crippen LogP contribution >= 0.6 is 0 Å². The monoisotopic (exact) mass is 242 g/mol. The van der Waals surface area contributed by atoms with Crippen LogP contribution in [0.5, 0.6) is 0 Å². The van der Waals surface area contributed by atoms with Crippen LogP contribution in [0, 0.1) is 5.41 Å². The first-order valence-corrected chi connectivity index (χ1v) is 6.30. The van der Waals surface area contributed by atoms with Crippen LogP contribution in [0.1, 0.15) is 39.5 Å². The lowest BCUT2D eigenvalue weighted by Crippen LogP contribution is -2.49. The van der Waals surface area contributed by atoms with Gasteiger partial charge in [-0.15, -0.1) is 0 Å². The van der Waals surface area contributed by atoms with Crippen molar-refractivity contribution in [2.75, 3.05) is 13.1 Å². The zero-order valence-corrected chi connectivity index (χ0v) is 10.6. The van der Waals surface area contributed by atoms with E-state index in [2.05, 4.69) is 10.6 Å². The summed E-state index contributed by atoms with van der Waals surface area (Å²) in [5, 5.41) is 14.8. The summed E-state index contributed by atoms with van der Waals surface area (Å²) in [6.07, 6.45) is 2.94. The van der Waals surface area contributed by atoms with Crippen molar-refractivity contribution < 1.29 is 14.7 Å². The highest BCUT2D eigenvalue weighted by Crippen LogP contribution is 2.31. The third kappa shape index (κ3) is 3.19. The van der Waals surface area contributed by atoms with E-state index in [4.69, 9.17) is 5.11 Å². The highest BCUT2D eigenvalue weighted by atomic mass is 16.4. The van der Waals surface area contributed by atoms with Gasteiger partial charge in [-0.1, -0.05) is 20.3 Å². The molecule has 98 valence electrons. The molecule has 5 heteroatoms. The molecule has 1 amide bonds. The predicted molar refractivity (Wildman–Crippen MR) is 64.7 cm³/mol. The van der Waals surface area contributed by atoms with Crippen LogP contribution in [0.2, 0.25) is 0 Å². The second kappa shape index (κ2) is 6.00. The summed E-state index contributed by atoms with van der Waals surface area (Å²) in [4.78, 5) is 23.1. The Morgan fingerprint density at radius 2 is 2.18 bits per heavy atom. The number of carbonyl (C=O) groups excluding carboxylic acids is 1.